The molecule has 10 nitrogen and oxygen atoms in total. The van der Waals surface area contributed by atoms with Crippen LogP contribution in [0.4, 0.5) is 4.79 Å². The summed E-state index contributed by atoms with van der Waals surface area (Å²) in [5.41, 5.74) is 0. The Bertz CT molecular complexity index is 1140. The Balaban J connectivity index is 4.96. The van der Waals surface area contributed by atoms with Gasteiger partial charge in [-0.1, -0.05) is 174 Å². The molecule has 0 rings (SSSR count). The lowest BCUT2D eigenvalue weighted by Crippen LogP contribution is -2.31. The van der Waals surface area contributed by atoms with Crippen molar-refractivity contribution in [1.29, 1.82) is 0 Å². The zero-order valence-electron chi connectivity index (χ0n) is 42.2. The first-order chi connectivity index (χ1) is 31.2. The molecule has 2 unspecified atom stereocenters. The van der Waals surface area contributed by atoms with Crippen molar-refractivity contribution in [3.8, 4) is 0 Å². The Morgan fingerprint density at radius 2 is 0.875 bits per heavy atom. The standard InChI is InChI=1S/C54H99NO9/c1-6-10-13-16-19-21-23-24-25-26-27-29-31-34-37-43-52(57)62-48-50(47-61-51(56)42-36-33-18-15-12-8-3)63-53(58)44-38-41-49(64-54(59)60-46-39-45-55(5)9-4)40-35-32-30-28-22-20-17-14-11-7-2/h19,21,24-25,49-50H,6-18,20,22-23,26-48H2,1-5H3/b21-19-,25-24-. The molecule has 0 fully saturated rings. The molecule has 0 bridgehead atoms. The Morgan fingerprint density at radius 1 is 0.438 bits per heavy atom. The molecule has 0 aliphatic carbocycles. The Hall–Kier alpha value is -2.88. The van der Waals surface area contributed by atoms with E-state index in [0.29, 0.717) is 38.7 Å². The van der Waals surface area contributed by atoms with Crippen LogP contribution in [-0.2, 0) is 38.1 Å². The second-order valence-electron chi connectivity index (χ2n) is 17.9. The predicted octanol–water partition coefficient (Wildman–Crippen LogP) is 14.9. The van der Waals surface area contributed by atoms with Gasteiger partial charge in [-0.05, 0) is 90.6 Å². The van der Waals surface area contributed by atoms with Crippen LogP contribution in [0.2, 0.25) is 0 Å². The average molecular weight is 906 g/mol. The maximum atomic E-state index is 13.1. The summed E-state index contributed by atoms with van der Waals surface area (Å²) in [7, 11) is 2.03. The monoisotopic (exact) mass is 906 g/mol. The lowest BCUT2D eigenvalue weighted by Gasteiger charge is -2.20. The van der Waals surface area contributed by atoms with E-state index in [-0.39, 0.29) is 37.7 Å². The van der Waals surface area contributed by atoms with Gasteiger partial charge in [0.2, 0.25) is 0 Å². The number of rotatable bonds is 47. The lowest BCUT2D eigenvalue weighted by molar-refractivity contribution is -0.167. The van der Waals surface area contributed by atoms with Crippen LogP contribution in [0.15, 0.2) is 24.3 Å². The first kappa shape index (κ1) is 61.1. The summed E-state index contributed by atoms with van der Waals surface area (Å²) in [6, 6.07) is 0. The quantitative estimate of drug-likeness (QED) is 0.0253. The highest BCUT2D eigenvalue weighted by atomic mass is 16.7. The number of carbonyl (C=O) groups excluding carboxylic acids is 4. The van der Waals surface area contributed by atoms with Crippen molar-refractivity contribution >= 4 is 24.1 Å². The molecule has 0 aromatic heterocycles. The fraction of sp³-hybridized carbons (Fsp3) is 0.852. The molecule has 2 atom stereocenters. The number of esters is 3. The van der Waals surface area contributed by atoms with Gasteiger partial charge < -0.3 is 28.6 Å². The summed E-state index contributed by atoms with van der Waals surface area (Å²) in [6.07, 6.45) is 40.9. The molecule has 10 heteroatoms. The second kappa shape index (κ2) is 48.1. The van der Waals surface area contributed by atoms with Crippen molar-refractivity contribution in [3.63, 3.8) is 0 Å². The fourth-order valence-electron chi connectivity index (χ4n) is 7.42. The molecule has 0 spiro atoms. The number of hydrogen-bond acceptors (Lipinski definition) is 10. The molecule has 374 valence electrons. The Labute approximate surface area is 393 Å². The van der Waals surface area contributed by atoms with Crippen LogP contribution in [0.5, 0.6) is 0 Å². The summed E-state index contributed by atoms with van der Waals surface area (Å²) >= 11 is 0. The normalized spacial score (nSPS) is 12.5. The van der Waals surface area contributed by atoms with Crippen molar-refractivity contribution in [2.45, 2.75) is 258 Å². The minimum Gasteiger partial charge on any atom is -0.462 e. The summed E-state index contributed by atoms with van der Waals surface area (Å²) < 4.78 is 28.0. The van der Waals surface area contributed by atoms with E-state index in [2.05, 4.69) is 56.9 Å². The van der Waals surface area contributed by atoms with Crippen molar-refractivity contribution in [1.82, 2.24) is 4.90 Å². The number of allylic oxidation sites excluding steroid dienone is 4. The molecule has 0 saturated carbocycles. The highest BCUT2D eigenvalue weighted by Gasteiger charge is 2.21. The van der Waals surface area contributed by atoms with Gasteiger partial charge in [0, 0.05) is 25.8 Å². The van der Waals surface area contributed by atoms with E-state index in [9.17, 15) is 19.2 Å². The molecule has 0 aliphatic rings. The molecule has 0 aromatic carbocycles. The number of unbranched alkanes of at least 4 members (excludes halogenated alkanes) is 22. The minimum atomic E-state index is -0.894. The summed E-state index contributed by atoms with van der Waals surface area (Å²) in [5.74, 6) is -1.16. The second-order valence-corrected chi connectivity index (χ2v) is 17.9. The van der Waals surface area contributed by atoms with Gasteiger partial charge >= 0.3 is 24.1 Å². The zero-order valence-corrected chi connectivity index (χ0v) is 42.2. The first-order valence-corrected chi connectivity index (χ1v) is 26.6. The molecular weight excluding hydrogens is 807 g/mol. The van der Waals surface area contributed by atoms with E-state index < -0.39 is 18.2 Å². The van der Waals surface area contributed by atoms with Gasteiger partial charge in [0.15, 0.2) is 6.10 Å². The maximum Gasteiger partial charge on any atom is 0.508 e. The minimum absolute atomic E-state index is 0.0956. The zero-order chi connectivity index (χ0) is 47.0. The van der Waals surface area contributed by atoms with Crippen LogP contribution in [0, 0.1) is 0 Å². The average Bonchev–Trinajstić information content (AvgIpc) is 3.28. The molecule has 0 aliphatic heterocycles. The topological polar surface area (TPSA) is 118 Å². The number of nitrogens with zero attached hydrogens (tertiary/aromatic N) is 1. The van der Waals surface area contributed by atoms with E-state index in [1.807, 2.05) is 7.05 Å². The van der Waals surface area contributed by atoms with Crippen molar-refractivity contribution in [3.05, 3.63) is 24.3 Å². The molecule has 64 heavy (non-hydrogen) atoms. The van der Waals surface area contributed by atoms with Gasteiger partial charge in [-0.2, -0.15) is 0 Å². The third-order valence-electron chi connectivity index (χ3n) is 11.7. The van der Waals surface area contributed by atoms with Gasteiger partial charge in [-0.15, -0.1) is 0 Å². The SMILES string of the molecule is CCCCC/C=C\C/C=C\CCCCCCCC(=O)OCC(COC(=O)CCCCCCCC)OC(=O)CCCC(CCCCCCCCCCCC)OC(=O)OCCCN(C)CC. The molecule has 0 saturated heterocycles. The van der Waals surface area contributed by atoms with Crippen molar-refractivity contribution in [2.24, 2.45) is 0 Å². The van der Waals surface area contributed by atoms with Gasteiger partial charge in [-0.3, -0.25) is 14.4 Å². The highest BCUT2D eigenvalue weighted by molar-refractivity contribution is 5.71. The summed E-state index contributed by atoms with van der Waals surface area (Å²) in [5, 5.41) is 0. The maximum absolute atomic E-state index is 13.1. The number of ether oxygens (including phenoxy) is 5. The number of carbonyl (C=O) groups is 4. The molecule has 0 heterocycles. The molecule has 0 radical (unpaired) electrons. The summed E-state index contributed by atoms with van der Waals surface area (Å²) in [4.78, 5) is 53.2. The van der Waals surface area contributed by atoms with Gasteiger partial charge in [-0.25, -0.2) is 4.79 Å². The molecule has 0 amide bonds. The van der Waals surface area contributed by atoms with E-state index in [1.165, 1.54) is 83.5 Å². The molecule has 0 N–H and O–H groups in total. The Kier molecular flexibility index (Phi) is 45.9. The van der Waals surface area contributed by atoms with Crippen LogP contribution in [-0.4, -0.2) is 81.1 Å². The first-order valence-electron chi connectivity index (χ1n) is 26.6. The largest absolute Gasteiger partial charge is 0.508 e. The Morgan fingerprint density at radius 3 is 1.41 bits per heavy atom. The van der Waals surface area contributed by atoms with Crippen LogP contribution in [0.25, 0.3) is 0 Å². The third kappa shape index (κ3) is 44.3. The number of hydrogen-bond donors (Lipinski definition) is 0. The van der Waals surface area contributed by atoms with E-state index in [0.717, 1.165) is 109 Å². The third-order valence-corrected chi connectivity index (χ3v) is 11.7. The van der Waals surface area contributed by atoms with Crippen molar-refractivity contribution < 1.29 is 42.9 Å². The smallest absolute Gasteiger partial charge is 0.462 e. The predicted molar refractivity (Wildman–Crippen MR) is 263 cm³/mol. The van der Waals surface area contributed by atoms with E-state index in [1.54, 1.807) is 0 Å². The van der Waals surface area contributed by atoms with E-state index >= 15 is 0 Å². The van der Waals surface area contributed by atoms with Crippen LogP contribution in [0.3, 0.4) is 0 Å². The van der Waals surface area contributed by atoms with Crippen molar-refractivity contribution in [2.75, 3.05) is 40.0 Å². The van der Waals surface area contributed by atoms with Crippen LogP contribution < -0.4 is 0 Å². The van der Waals surface area contributed by atoms with Crippen LogP contribution >= 0.6 is 0 Å². The van der Waals surface area contributed by atoms with Crippen LogP contribution in [0.1, 0.15) is 246 Å². The van der Waals surface area contributed by atoms with Gasteiger partial charge in [0.1, 0.15) is 19.3 Å². The van der Waals surface area contributed by atoms with Gasteiger partial charge in [0.25, 0.3) is 0 Å². The molecule has 0 aromatic rings. The highest BCUT2D eigenvalue weighted by Crippen LogP contribution is 2.18. The van der Waals surface area contributed by atoms with E-state index in [4.69, 9.17) is 23.7 Å². The fourth-order valence-corrected chi connectivity index (χ4v) is 7.42. The lowest BCUT2D eigenvalue weighted by atomic mass is 10.0. The molecular formula is C54H99NO9. The van der Waals surface area contributed by atoms with Gasteiger partial charge in [0.05, 0.1) is 6.61 Å². The summed E-state index contributed by atoms with van der Waals surface area (Å²) in [6.45, 7) is 10.5.